The molecule has 33 heavy (non-hydrogen) atoms. The zero-order chi connectivity index (χ0) is 22.8. The van der Waals surface area contributed by atoms with Crippen molar-refractivity contribution in [2.45, 2.75) is 33.1 Å². The summed E-state index contributed by atoms with van der Waals surface area (Å²) < 4.78 is 11.8. The van der Waals surface area contributed by atoms with Crippen molar-refractivity contribution in [3.63, 3.8) is 0 Å². The molecule has 5 rings (SSSR count). The third-order valence-electron chi connectivity index (χ3n) is 6.57. The number of aromatic nitrogens is 3. The Morgan fingerprint density at radius 2 is 1.94 bits per heavy atom. The van der Waals surface area contributed by atoms with Crippen LogP contribution >= 0.6 is 0 Å². The zero-order valence-electron chi connectivity index (χ0n) is 19.6. The summed E-state index contributed by atoms with van der Waals surface area (Å²) in [6.45, 7) is 8.38. The van der Waals surface area contributed by atoms with E-state index in [0.717, 1.165) is 46.6 Å². The van der Waals surface area contributed by atoms with Crippen LogP contribution in [0, 0.1) is 13.8 Å². The number of aryl methyl sites for hydroxylation is 2. The van der Waals surface area contributed by atoms with Crippen LogP contribution in [-0.2, 0) is 0 Å². The van der Waals surface area contributed by atoms with Crippen molar-refractivity contribution in [3.05, 3.63) is 47.9 Å². The van der Waals surface area contributed by atoms with Gasteiger partial charge < -0.3 is 24.7 Å². The number of hydrogen-bond donors (Lipinski definition) is 2. The molecule has 0 radical (unpaired) electrons. The molecule has 0 spiro atoms. The number of ether oxygens (including phenoxy) is 2. The third kappa shape index (κ3) is 4.33. The van der Waals surface area contributed by atoms with Crippen molar-refractivity contribution >= 4 is 33.3 Å². The fourth-order valence-corrected chi connectivity index (χ4v) is 4.69. The molecule has 4 aromatic rings. The number of nitrogens with zero attached hydrogens (tertiary/aromatic N) is 3. The van der Waals surface area contributed by atoms with E-state index in [2.05, 4.69) is 51.1 Å². The Bertz CT molecular complexity index is 1280. The summed E-state index contributed by atoms with van der Waals surface area (Å²) in [6.07, 6.45) is 5.21. The first-order valence-electron chi connectivity index (χ1n) is 11.7. The van der Waals surface area contributed by atoms with Crippen molar-refractivity contribution in [3.8, 4) is 11.5 Å². The molecule has 0 atom stereocenters. The smallest absolute Gasteiger partial charge is 0.163 e. The van der Waals surface area contributed by atoms with Crippen molar-refractivity contribution in [1.29, 1.82) is 0 Å². The Balaban J connectivity index is 1.40. The number of rotatable bonds is 8. The van der Waals surface area contributed by atoms with Crippen molar-refractivity contribution in [2.75, 3.05) is 38.7 Å². The van der Waals surface area contributed by atoms with Crippen LogP contribution in [0.25, 0.3) is 21.8 Å². The fraction of sp³-hybridized carbons (Fsp3) is 0.385. The van der Waals surface area contributed by atoms with Crippen LogP contribution in [-0.4, -0.2) is 53.2 Å². The Kier molecular flexibility index (Phi) is 6.05. The monoisotopic (exact) mass is 445 g/mol. The number of likely N-dealkylation sites (tertiary alicyclic amines) is 1. The highest BCUT2D eigenvalue weighted by Gasteiger charge is 2.15. The van der Waals surface area contributed by atoms with Crippen molar-refractivity contribution in [1.82, 2.24) is 19.9 Å². The summed E-state index contributed by atoms with van der Waals surface area (Å²) in [7, 11) is 1.67. The average Bonchev–Trinajstić information content (AvgIpc) is 3.44. The van der Waals surface area contributed by atoms with Gasteiger partial charge in [-0.1, -0.05) is 6.07 Å². The van der Waals surface area contributed by atoms with Gasteiger partial charge in [0.1, 0.15) is 12.1 Å². The second kappa shape index (κ2) is 9.27. The summed E-state index contributed by atoms with van der Waals surface area (Å²) in [4.78, 5) is 15.0. The third-order valence-corrected chi connectivity index (χ3v) is 6.57. The Morgan fingerprint density at radius 1 is 1.09 bits per heavy atom. The second-order valence-electron chi connectivity index (χ2n) is 8.72. The Hall–Kier alpha value is -3.32. The molecule has 1 fully saturated rings. The van der Waals surface area contributed by atoms with E-state index in [1.54, 1.807) is 13.4 Å². The highest BCUT2D eigenvalue weighted by Crippen LogP contribution is 2.36. The quantitative estimate of drug-likeness (QED) is 0.356. The van der Waals surface area contributed by atoms with E-state index in [9.17, 15) is 0 Å². The van der Waals surface area contributed by atoms with Crippen LogP contribution in [0.2, 0.25) is 0 Å². The van der Waals surface area contributed by atoms with Gasteiger partial charge in [-0.15, -0.1) is 0 Å². The normalized spacial score (nSPS) is 14.3. The summed E-state index contributed by atoms with van der Waals surface area (Å²) in [5, 5.41) is 5.59. The van der Waals surface area contributed by atoms with E-state index in [4.69, 9.17) is 9.47 Å². The fourth-order valence-electron chi connectivity index (χ4n) is 4.69. The molecule has 1 aliphatic rings. The van der Waals surface area contributed by atoms with E-state index in [0.29, 0.717) is 12.4 Å². The lowest BCUT2D eigenvalue weighted by Gasteiger charge is -2.16. The number of anilines is 2. The molecule has 172 valence electrons. The first-order valence-corrected chi connectivity index (χ1v) is 11.7. The minimum absolute atomic E-state index is 0.655. The Morgan fingerprint density at radius 3 is 2.76 bits per heavy atom. The molecule has 1 saturated heterocycles. The van der Waals surface area contributed by atoms with Gasteiger partial charge in [0, 0.05) is 40.3 Å². The van der Waals surface area contributed by atoms with Crippen LogP contribution in [0.3, 0.4) is 0 Å². The minimum atomic E-state index is 0.655. The second-order valence-corrected chi connectivity index (χ2v) is 8.72. The number of benzene rings is 2. The molecular weight excluding hydrogens is 414 g/mol. The summed E-state index contributed by atoms with van der Waals surface area (Å²) in [5.41, 5.74) is 5.33. The van der Waals surface area contributed by atoms with E-state index >= 15 is 0 Å². The van der Waals surface area contributed by atoms with E-state index in [1.165, 1.54) is 42.6 Å². The highest BCUT2D eigenvalue weighted by molar-refractivity contribution is 6.00. The van der Waals surface area contributed by atoms with Crippen LogP contribution < -0.4 is 14.8 Å². The van der Waals surface area contributed by atoms with Crippen LogP contribution in [0.15, 0.2) is 36.7 Å². The summed E-state index contributed by atoms with van der Waals surface area (Å²) >= 11 is 0. The van der Waals surface area contributed by atoms with Gasteiger partial charge in [-0.2, -0.15) is 0 Å². The average molecular weight is 446 g/mol. The number of H-pyrrole nitrogens is 1. The molecule has 2 aromatic heterocycles. The molecule has 7 heteroatoms. The molecule has 0 amide bonds. The van der Waals surface area contributed by atoms with Gasteiger partial charge in [-0.25, -0.2) is 9.97 Å². The largest absolute Gasteiger partial charge is 0.493 e. The van der Waals surface area contributed by atoms with Gasteiger partial charge in [0.2, 0.25) is 0 Å². The Labute approximate surface area is 194 Å². The van der Waals surface area contributed by atoms with Gasteiger partial charge in [0.05, 0.1) is 19.2 Å². The van der Waals surface area contributed by atoms with Gasteiger partial charge in [-0.05, 0) is 70.0 Å². The predicted octanol–water partition coefficient (Wildman–Crippen LogP) is 5.34. The maximum absolute atomic E-state index is 6.09. The summed E-state index contributed by atoms with van der Waals surface area (Å²) in [6, 6.07) is 10.1. The molecule has 7 nitrogen and oxygen atoms in total. The van der Waals surface area contributed by atoms with Crippen molar-refractivity contribution in [2.24, 2.45) is 0 Å². The summed E-state index contributed by atoms with van der Waals surface area (Å²) in [5.74, 6) is 2.15. The SMILES string of the molecule is COc1cc2c(Nc3cccc4[nH]c(C)c(C)c34)ncnc2cc1OCCCN1CCCC1. The van der Waals surface area contributed by atoms with Crippen LogP contribution in [0.5, 0.6) is 11.5 Å². The molecule has 0 saturated carbocycles. The van der Waals surface area contributed by atoms with E-state index in [1.807, 2.05) is 18.2 Å². The first-order chi connectivity index (χ1) is 16.1. The lowest BCUT2D eigenvalue weighted by Crippen LogP contribution is -2.21. The van der Waals surface area contributed by atoms with E-state index in [-0.39, 0.29) is 0 Å². The molecular formula is C26H31N5O2. The molecule has 0 aliphatic carbocycles. The molecule has 1 aliphatic heterocycles. The molecule has 3 heterocycles. The lowest BCUT2D eigenvalue weighted by atomic mass is 10.1. The maximum Gasteiger partial charge on any atom is 0.163 e. The highest BCUT2D eigenvalue weighted by atomic mass is 16.5. The maximum atomic E-state index is 6.09. The zero-order valence-corrected chi connectivity index (χ0v) is 19.6. The molecule has 0 bridgehead atoms. The standard InChI is InChI=1S/C26H31N5O2/c1-17-18(2)29-20-8-6-9-21(25(17)20)30-26-19-14-23(32-3)24(15-22(19)27-16-28-26)33-13-7-12-31-10-4-5-11-31/h6,8-9,14-16,29H,4-5,7,10-13H2,1-3H3,(H,27,28,30). The molecule has 2 N–H and O–H groups in total. The number of nitrogens with one attached hydrogen (secondary N) is 2. The van der Waals surface area contributed by atoms with Crippen molar-refractivity contribution < 1.29 is 9.47 Å². The topological polar surface area (TPSA) is 75.3 Å². The number of aromatic amines is 1. The molecule has 0 unspecified atom stereocenters. The minimum Gasteiger partial charge on any atom is -0.493 e. The number of methoxy groups -OCH3 is 1. The van der Waals surface area contributed by atoms with Gasteiger partial charge in [0.25, 0.3) is 0 Å². The predicted molar refractivity (Wildman–Crippen MR) is 133 cm³/mol. The molecule has 2 aromatic carbocycles. The lowest BCUT2D eigenvalue weighted by molar-refractivity contribution is 0.254. The first kappa shape index (κ1) is 21.5. The van der Waals surface area contributed by atoms with E-state index < -0.39 is 0 Å². The van der Waals surface area contributed by atoms with Gasteiger partial charge in [0.15, 0.2) is 11.5 Å². The van der Waals surface area contributed by atoms with Crippen LogP contribution in [0.1, 0.15) is 30.5 Å². The number of hydrogen-bond acceptors (Lipinski definition) is 6. The number of fused-ring (bicyclic) bond motifs is 2. The van der Waals surface area contributed by atoms with Crippen LogP contribution in [0.4, 0.5) is 11.5 Å². The van der Waals surface area contributed by atoms with Gasteiger partial charge >= 0.3 is 0 Å². The van der Waals surface area contributed by atoms with Gasteiger partial charge in [-0.3, -0.25) is 0 Å².